The topological polar surface area (TPSA) is 118 Å². The lowest BCUT2D eigenvalue weighted by atomic mass is 9.77. The van der Waals surface area contributed by atoms with Crippen molar-refractivity contribution in [1.82, 2.24) is 15.1 Å². The summed E-state index contributed by atoms with van der Waals surface area (Å²) in [4.78, 5) is 77.1. The third-order valence-electron chi connectivity index (χ3n) is 11.5. The fourth-order valence-electron chi connectivity index (χ4n) is 8.41. The minimum absolute atomic E-state index is 0.0195. The molecule has 4 fully saturated rings. The summed E-state index contributed by atoms with van der Waals surface area (Å²) in [7, 11) is 0. The summed E-state index contributed by atoms with van der Waals surface area (Å²) in [5.74, 6) is -2.12. The number of hydrogen-bond acceptors (Lipinski definition) is 8. The number of amides is 5. The van der Waals surface area contributed by atoms with E-state index in [2.05, 4.69) is 24.9 Å². The first-order valence-corrected chi connectivity index (χ1v) is 18.2. The predicted octanol–water partition coefficient (Wildman–Crippen LogP) is 4.75. The van der Waals surface area contributed by atoms with Gasteiger partial charge in [0, 0.05) is 86.4 Å². The fourth-order valence-corrected chi connectivity index (χ4v) is 8.62. The number of fused-ring (bicyclic) bond motifs is 1. The van der Waals surface area contributed by atoms with Gasteiger partial charge < -0.3 is 19.6 Å². The zero-order valence-electron chi connectivity index (χ0n) is 28.6. The normalized spacial score (nSPS) is 21.5. The van der Waals surface area contributed by atoms with Gasteiger partial charge in [0.25, 0.3) is 17.7 Å². The van der Waals surface area contributed by atoms with Crippen LogP contribution in [0.2, 0.25) is 5.02 Å². The number of anilines is 3. The molecule has 5 heterocycles. The number of piperazine rings is 1. The first-order valence-electron chi connectivity index (χ1n) is 17.8. The van der Waals surface area contributed by atoms with E-state index in [0.717, 1.165) is 67.4 Å². The highest BCUT2D eigenvalue weighted by atomic mass is 35.5. The zero-order chi connectivity index (χ0) is 36.1. The molecule has 1 N–H and O–H groups in total. The van der Waals surface area contributed by atoms with Crippen LogP contribution in [0.25, 0.3) is 4.85 Å². The van der Waals surface area contributed by atoms with Gasteiger partial charge in [0.15, 0.2) is 0 Å². The molecule has 5 aliphatic heterocycles. The highest BCUT2D eigenvalue weighted by Crippen LogP contribution is 2.43. The van der Waals surface area contributed by atoms with E-state index in [1.165, 1.54) is 0 Å². The second kappa shape index (κ2) is 13.3. The van der Waals surface area contributed by atoms with E-state index in [1.54, 1.807) is 24.3 Å². The van der Waals surface area contributed by atoms with Crippen LogP contribution in [-0.4, -0.2) is 97.7 Å². The van der Waals surface area contributed by atoms with E-state index in [9.17, 15) is 24.0 Å². The lowest BCUT2D eigenvalue weighted by molar-refractivity contribution is -0.136. The van der Waals surface area contributed by atoms with Crippen molar-refractivity contribution >= 4 is 63.9 Å². The first-order chi connectivity index (χ1) is 25.1. The number of carbonyl (C=O) groups is 5. The van der Waals surface area contributed by atoms with Gasteiger partial charge in [-0.1, -0.05) is 17.7 Å². The molecule has 3 aromatic rings. The Morgan fingerprint density at radius 1 is 0.750 bits per heavy atom. The van der Waals surface area contributed by atoms with Crippen LogP contribution in [0.4, 0.5) is 22.7 Å². The van der Waals surface area contributed by atoms with Gasteiger partial charge in [-0.3, -0.25) is 34.2 Å². The van der Waals surface area contributed by atoms with Crippen LogP contribution < -0.4 is 20.0 Å². The lowest BCUT2D eigenvalue weighted by Gasteiger charge is -2.40. The van der Waals surface area contributed by atoms with Crippen molar-refractivity contribution in [2.24, 2.45) is 5.41 Å². The highest BCUT2D eigenvalue weighted by Gasteiger charge is 2.45. The Morgan fingerprint density at radius 2 is 1.37 bits per heavy atom. The van der Waals surface area contributed by atoms with Crippen LogP contribution in [0.15, 0.2) is 60.7 Å². The summed E-state index contributed by atoms with van der Waals surface area (Å²) in [5.41, 5.74) is 4.86. The lowest BCUT2D eigenvalue weighted by Crippen LogP contribution is -2.54. The number of piperidine rings is 2. The van der Waals surface area contributed by atoms with Gasteiger partial charge in [-0.25, -0.2) is 4.85 Å². The number of imide groups is 2. The van der Waals surface area contributed by atoms with Crippen molar-refractivity contribution in [2.45, 2.75) is 38.1 Å². The Bertz CT molecular complexity index is 2030. The molecule has 13 heteroatoms. The monoisotopic (exact) mass is 719 g/mol. The smallest absolute Gasteiger partial charge is 0.262 e. The maximum absolute atomic E-state index is 13.5. The summed E-state index contributed by atoms with van der Waals surface area (Å²) < 4.78 is 0. The molecule has 5 aliphatic rings. The second-order valence-electron chi connectivity index (χ2n) is 14.4. The molecule has 0 bridgehead atoms. The number of carbonyl (C=O) groups excluding carboxylic acids is 5. The molecule has 1 atom stereocenters. The molecule has 5 amide bonds. The standard InChI is InChI=1S/C39H38ClN7O5/c1-41-32-9-7-28(23-31(32)40)46-17-14-39(24-46)12-15-43(16-13-39)26-4-2-25(3-5-26)36(50)45-20-18-44(19-21-45)27-6-8-29-30(22-27)38(52)47(37(29)51)33-10-11-34(48)42-35(33)49/h2-9,22-23,33H,10-21,24H2,(H,42,48,49). The summed E-state index contributed by atoms with van der Waals surface area (Å²) in [5, 5.41) is 2.72. The maximum Gasteiger partial charge on any atom is 0.262 e. The van der Waals surface area contributed by atoms with Crippen LogP contribution in [0.3, 0.4) is 0 Å². The van der Waals surface area contributed by atoms with E-state index < -0.39 is 29.7 Å². The Kier molecular flexibility index (Phi) is 8.62. The van der Waals surface area contributed by atoms with Gasteiger partial charge in [-0.05, 0) is 85.7 Å². The summed E-state index contributed by atoms with van der Waals surface area (Å²) in [6, 6.07) is 17.7. The van der Waals surface area contributed by atoms with Crippen molar-refractivity contribution in [3.8, 4) is 0 Å². The molecule has 4 saturated heterocycles. The van der Waals surface area contributed by atoms with Crippen LogP contribution in [0.1, 0.15) is 63.2 Å². The van der Waals surface area contributed by atoms with Crippen LogP contribution >= 0.6 is 11.6 Å². The molecule has 0 radical (unpaired) electrons. The van der Waals surface area contributed by atoms with Crippen LogP contribution in [0.5, 0.6) is 0 Å². The van der Waals surface area contributed by atoms with E-state index in [1.807, 2.05) is 41.3 Å². The third-order valence-corrected chi connectivity index (χ3v) is 11.8. The molecule has 8 rings (SSSR count). The number of hydrogen-bond donors (Lipinski definition) is 1. The van der Waals surface area contributed by atoms with Crippen LogP contribution in [0, 0.1) is 12.0 Å². The SMILES string of the molecule is [C-]#[N+]c1ccc(N2CCC3(CCN(c4ccc(C(=O)N5CCN(c6ccc7c(c6)C(=O)N(C6CCC(=O)NC6=O)C7=O)CC5)cc4)CC3)C2)cc1Cl. The average molecular weight is 720 g/mol. The van der Waals surface area contributed by atoms with E-state index in [0.29, 0.717) is 42.5 Å². The molecule has 1 spiro atoms. The number of halogens is 1. The molecule has 52 heavy (non-hydrogen) atoms. The third kappa shape index (κ3) is 6.02. The first kappa shape index (κ1) is 33.7. The Labute approximate surface area is 306 Å². The maximum atomic E-state index is 13.5. The Balaban J connectivity index is 0.841. The van der Waals surface area contributed by atoms with E-state index in [4.69, 9.17) is 18.2 Å². The summed E-state index contributed by atoms with van der Waals surface area (Å²) in [6.45, 7) is 13.3. The van der Waals surface area contributed by atoms with Crippen molar-refractivity contribution in [2.75, 3.05) is 67.1 Å². The van der Waals surface area contributed by atoms with Crippen molar-refractivity contribution in [3.05, 3.63) is 93.8 Å². The van der Waals surface area contributed by atoms with Gasteiger partial charge in [-0.2, -0.15) is 0 Å². The fraction of sp³-hybridized carbons (Fsp3) is 0.385. The molecule has 3 aromatic carbocycles. The Morgan fingerprint density at radius 3 is 2.04 bits per heavy atom. The minimum atomic E-state index is -1.00. The van der Waals surface area contributed by atoms with E-state index >= 15 is 0 Å². The van der Waals surface area contributed by atoms with E-state index in [-0.39, 0.29) is 35.3 Å². The molecular weight excluding hydrogens is 682 g/mol. The molecular formula is C39H38ClN7O5. The molecule has 12 nitrogen and oxygen atoms in total. The minimum Gasteiger partial charge on any atom is -0.371 e. The van der Waals surface area contributed by atoms with Crippen molar-refractivity contribution < 1.29 is 24.0 Å². The molecule has 0 saturated carbocycles. The van der Waals surface area contributed by atoms with Crippen molar-refractivity contribution in [1.29, 1.82) is 0 Å². The number of benzene rings is 3. The molecule has 0 aliphatic carbocycles. The number of nitrogens with zero attached hydrogens (tertiary/aromatic N) is 6. The molecule has 0 aromatic heterocycles. The number of rotatable bonds is 5. The predicted molar refractivity (Wildman–Crippen MR) is 196 cm³/mol. The van der Waals surface area contributed by atoms with Crippen LogP contribution in [-0.2, 0) is 9.59 Å². The zero-order valence-corrected chi connectivity index (χ0v) is 29.4. The summed E-state index contributed by atoms with van der Waals surface area (Å²) in [6.07, 6.45) is 3.50. The van der Waals surface area contributed by atoms with Gasteiger partial charge >= 0.3 is 0 Å². The highest BCUT2D eigenvalue weighted by molar-refractivity contribution is 6.33. The van der Waals surface area contributed by atoms with Gasteiger partial charge in [-0.15, -0.1) is 0 Å². The number of nitrogens with one attached hydrogen (secondary N) is 1. The summed E-state index contributed by atoms with van der Waals surface area (Å²) >= 11 is 6.32. The molecule has 1 unspecified atom stereocenters. The van der Waals surface area contributed by atoms with Gasteiger partial charge in [0.05, 0.1) is 17.7 Å². The largest absolute Gasteiger partial charge is 0.371 e. The second-order valence-corrected chi connectivity index (χ2v) is 14.8. The molecule has 266 valence electrons. The van der Waals surface area contributed by atoms with Gasteiger partial charge in [0.2, 0.25) is 17.5 Å². The quantitative estimate of drug-likeness (QED) is 0.297. The van der Waals surface area contributed by atoms with Gasteiger partial charge in [0.1, 0.15) is 6.04 Å². The van der Waals surface area contributed by atoms with Crippen molar-refractivity contribution in [3.63, 3.8) is 0 Å². The average Bonchev–Trinajstić information content (AvgIpc) is 3.69. The Hall–Kier alpha value is -5.41.